The van der Waals surface area contributed by atoms with Gasteiger partial charge in [-0.25, -0.2) is 9.98 Å². The van der Waals surface area contributed by atoms with E-state index in [-0.39, 0.29) is 6.17 Å². The van der Waals surface area contributed by atoms with Gasteiger partial charge in [0.05, 0.1) is 16.6 Å². The molecule has 0 aliphatic carbocycles. The fourth-order valence-electron chi connectivity index (χ4n) is 8.52. The zero-order valence-corrected chi connectivity index (χ0v) is 31.2. The van der Waals surface area contributed by atoms with Crippen LogP contribution in [0.25, 0.3) is 71.7 Å². The van der Waals surface area contributed by atoms with Crippen LogP contribution in [0.15, 0.2) is 204 Å². The molecule has 1 aliphatic heterocycles. The molecule has 11 rings (SSSR count). The van der Waals surface area contributed by atoms with Gasteiger partial charge in [-0.2, -0.15) is 4.99 Å². The number of pyridine rings is 1. The van der Waals surface area contributed by atoms with Gasteiger partial charge in [0, 0.05) is 46.0 Å². The van der Waals surface area contributed by atoms with Crippen LogP contribution < -0.4 is 0 Å². The van der Waals surface area contributed by atoms with Crippen LogP contribution in [0.3, 0.4) is 0 Å². The van der Waals surface area contributed by atoms with Crippen molar-refractivity contribution in [1.82, 2.24) is 19.0 Å². The van der Waals surface area contributed by atoms with E-state index in [0.717, 1.165) is 72.0 Å². The molecule has 270 valence electrons. The van der Waals surface area contributed by atoms with Crippen LogP contribution in [-0.4, -0.2) is 37.9 Å². The monoisotopic (exact) mass is 732 g/mol. The zero-order chi connectivity index (χ0) is 37.9. The molecule has 57 heavy (non-hydrogen) atoms. The Hall–Kier alpha value is -7.57. The predicted molar refractivity (Wildman–Crippen MR) is 235 cm³/mol. The minimum atomic E-state index is -0.309. The number of rotatable bonds is 5. The van der Waals surface area contributed by atoms with Gasteiger partial charge in [0.15, 0.2) is 6.17 Å². The Morgan fingerprint density at radius 2 is 0.965 bits per heavy atom. The molecule has 0 N–H and O–H groups in total. The summed E-state index contributed by atoms with van der Waals surface area (Å²) in [6, 6.07) is 66.3. The first kappa shape index (κ1) is 32.8. The van der Waals surface area contributed by atoms with E-state index >= 15 is 0 Å². The lowest BCUT2D eigenvalue weighted by Crippen LogP contribution is -2.36. The van der Waals surface area contributed by atoms with E-state index in [2.05, 4.69) is 197 Å². The number of hydrogen-bond acceptors (Lipinski definition) is 4. The smallest absolute Gasteiger partial charge is 0.234 e. The second-order valence-corrected chi connectivity index (χ2v) is 14.5. The molecule has 0 fully saturated rings. The predicted octanol–water partition coefficient (Wildman–Crippen LogP) is 11.9. The third-order valence-electron chi connectivity index (χ3n) is 11.2. The first-order chi connectivity index (χ1) is 28.2. The van der Waals surface area contributed by atoms with Crippen molar-refractivity contribution in [2.45, 2.75) is 6.17 Å². The van der Waals surface area contributed by atoms with Crippen molar-refractivity contribution in [3.63, 3.8) is 0 Å². The summed E-state index contributed by atoms with van der Waals surface area (Å²) in [5.41, 5.74) is 11.9. The molecule has 7 aromatic carbocycles. The van der Waals surface area contributed by atoms with Gasteiger partial charge in [0.1, 0.15) is 11.5 Å². The van der Waals surface area contributed by atoms with E-state index in [4.69, 9.17) is 15.0 Å². The van der Waals surface area contributed by atoms with E-state index in [1.165, 1.54) is 16.7 Å². The molecule has 0 bridgehead atoms. The van der Waals surface area contributed by atoms with Crippen LogP contribution in [0.4, 0.5) is 0 Å². The molecular formula is C51H36N6. The highest BCUT2D eigenvalue weighted by Gasteiger charge is 2.30. The largest absolute Gasteiger partial charge is 0.333 e. The van der Waals surface area contributed by atoms with E-state index in [1.807, 2.05) is 18.3 Å². The lowest BCUT2D eigenvalue weighted by atomic mass is 10.0. The summed E-state index contributed by atoms with van der Waals surface area (Å²) in [5.74, 6) is 1.48. The van der Waals surface area contributed by atoms with Crippen molar-refractivity contribution in [2.24, 2.45) is 9.98 Å². The first-order valence-electron chi connectivity index (χ1n) is 19.3. The average molecular weight is 733 g/mol. The molecule has 0 radical (unpaired) electrons. The van der Waals surface area contributed by atoms with Gasteiger partial charge in [0.2, 0.25) is 5.96 Å². The number of aromatic nitrogens is 3. The Kier molecular flexibility index (Phi) is 7.67. The molecule has 0 amide bonds. The van der Waals surface area contributed by atoms with E-state index < -0.39 is 0 Å². The number of aliphatic imine (C=N–C) groups is 2. The second kappa shape index (κ2) is 13.3. The summed E-state index contributed by atoms with van der Waals surface area (Å²) in [4.78, 5) is 18.2. The third kappa shape index (κ3) is 5.37. The van der Waals surface area contributed by atoms with Crippen molar-refractivity contribution in [3.8, 4) is 27.9 Å². The van der Waals surface area contributed by atoms with Crippen LogP contribution in [0.2, 0.25) is 0 Å². The van der Waals surface area contributed by atoms with Crippen LogP contribution in [0, 0.1) is 0 Å². The maximum Gasteiger partial charge on any atom is 0.234 e. The lowest BCUT2D eigenvalue weighted by molar-refractivity contribution is 0.381. The number of fused-ring (bicyclic) bond motifs is 7. The number of hydrogen-bond donors (Lipinski definition) is 0. The third-order valence-corrected chi connectivity index (χ3v) is 11.2. The maximum absolute atomic E-state index is 5.52. The summed E-state index contributed by atoms with van der Waals surface area (Å²) < 4.78 is 4.59. The van der Waals surface area contributed by atoms with Crippen molar-refractivity contribution in [1.29, 1.82) is 0 Å². The minimum absolute atomic E-state index is 0.309. The topological polar surface area (TPSA) is 50.7 Å². The van der Waals surface area contributed by atoms with Crippen molar-refractivity contribution < 1.29 is 0 Å². The van der Waals surface area contributed by atoms with Crippen LogP contribution >= 0.6 is 0 Å². The van der Waals surface area contributed by atoms with Gasteiger partial charge in [-0.05, 0) is 58.1 Å². The van der Waals surface area contributed by atoms with Gasteiger partial charge in [0.25, 0.3) is 0 Å². The summed E-state index contributed by atoms with van der Waals surface area (Å²) in [6.45, 7) is 0. The van der Waals surface area contributed by atoms with E-state index in [9.17, 15) is 0 Å². The van der Waals surface area contributed by atoms with Crippen molar-refractivity contribution in [2.75, 3.05) is 7.05 Å². The van der Waals surface area contributed by atoms with E-state index in [1.54, 1.807) is 0 Å². The molecule has 1 aliphatic rings. The van der Waals surface area contributed by atoms with Gasteiger partial charge < -0.3 is 4.90 Å². The fourth-order valence-corrected chi connectivity index (χ4v) is 8.52. The number of para-hydroxylation sites is 1. The molecule has 1 unspecified atom stereocenters. The van der Waals surface area contributed by atoms with Crippen molar-refractivity contribution >= 4 is 55.5 Å². The van der Waals surface area contributed by atoms with Gasteiger partial charge >= 0.3 is 0 Å². The van der Waals surface area contributed by atoms with E-state index in [0.29, 0.717) is 5.96 Å². The van der Waals surface area contributed by atoms with Crippen molar-refractivity contribution in [3.05, 3.63) is 205 Å². The molecular weight excluding hydrogens is 697 g/mol. The first-order valence-corrected chi connectivity index (χ1v) is 19.3. The molecule has 10 aromatic rings. The lowest BCUT2D eigenvalue weighted by Gasteiger charge is -2.32. The Morgan fingerprint density at radius 3 is 1.65 bits per heavy atom. The Labute approximate surface area is 330 Å². The number of amidine groups is 1. The molecule has 6 heteroatoms. The van der Waals surface area contributed by atoms with Crippen LogP contribution in [0.5, 0.6) is 0 Å². The van der Waals surface area contributed by atoms with Gasteiger partial charge in [-0.3, -0.25) is 9.13 Å². The van der Waals surface area contributed by atoms with Gasteiger partial charge in [-0.1, -0.05) is 158 Å². The van der Waals surface area contributed by atoms with Crippen LogP contribution in [-0.2, 0) is 0 Å². The molecule has 3 aromatic heterocycles. The minimum Gasteiger partial charge on any atom is -0.333 e. The molecule has 6 nitrogen and oxygen atoms in total. The normalized spacial score (nSPS) is 14.4. The summed E-state index contributed by atoms with van der Waals surface area (Å²) >= 11 is 0. The quantitative estimate of drug-likeness (QED) is 0.177. The highest BCUT2D eigenvalue weighted by Crippen LogP contribution is 2.41. The highest BCUT2D eigenvalue weighted by atomic mass is 15.4. The SMILES string of the molecule is CN1C(c2ccc(-c3ccccc3)cc2)=NC(n2c3ccccc3c3ccc4c5cccnc5n(-c5ccc(-c6ccccc6)cc5)c4c32)=NC1c1ccccc1. The Morgan fingerprint density at radius 1 is 0.439 bits per heavy atom. The zero-order valence-electron chi connectivity index (χ0n) is 31.2. The number of nitrogens with zero attached hydrogens (tertiary/aromatic N) is 6. The molecule has 0 saturated heterocycles. The molecule has 0 spiro atoms. The average Bonchev–Trinajstić information content (AvgIpc) is 3.81. The fraction of sp³-hybridized carbons (Fsp3) is 0.0392. The second-order valence-electron chi connectivity index (χ2n) is 14.5. The summed E-state index contributed by atoms with van der Waals surface area (Å²) in [6.07, 6.45) is 1.57. The van der Waals surface area contributed by atoms with Gasteiger partial charge in [-0.15, -0.1) is 0 Å². The molecule has 0 saturated carbocycles. The van der Waals surface area contributed by atoms with Crippen LogP contribution in [0.1, 0.15) is 17.3 Å². The Balaban J connectivity index is 1.18. The summed E-state index contributed by atoms with van der Waals surface area (Å²) in [5, 5.41) is 4.48. The maximum atomic E-state index is 5.52. The standard InChI is InChI=1S/C51H36N6/c1-55-48(38-18-9-4-10-19-38)53-51(54-49(55)39-25-23-36(24-26-39)34-14-5-2-6-15-34)57-45-22-12-11-20-41(45)42-31-32-43-44-21-13-33-52-50(44)56(46(43)47(42)57)40-29-27-37(28-30-40)35-16-7-3-8-17-35/h2-33,48H,1H3. The molecule has 4 heterocycles. The molecule has 1 atom stereocenters. The highest BCUT2D eigenvalue weighted by molar-refractivity contribution is 6.26. The Bertz CT molecular complexity index is 3160. The number of benzene rings is 7. The summed E-state index contributed by atoms with van der Waals surface area (Å²) in [7, 11) is 2.09.